The van der Waals surface area contributed by atoms with Crippen LogP contribution in [-0.2, 0) is 16.6 Å². The van der Waals surface area contributed by atoms with Crippen LogP contribution in [0.3, 0.4) is 0 Å². The minimum Gasteiger partial charge on any atom is -0.336 e. The van der Waals surface area contributed by atoms with E-state index < -0.39 is 15.8 Å². The van der Waals surface area contributed by atoms with Crippen molar-refractivity contribution in [2.45, 2.75) is 11.4 Å². The molecule has 38 heavy (non-hydrogen) atoms. The molecule has 0 radical (unpaired) electrons. The van der Waals surface area contributed by atoms with Gasteiger partial charge < -0.3 is 4.90 Å². The number of carbonyl (C=O) groups is 1. The van der Waals surface area contributed by atoms with Crippen LogP contribution < -0.4 is 4.72 Å². The van der Waals surface area contributed by atoms with E-state index in [9.17, 15) is 17.6 Å². The molecule has 196 valence electrons. The molecule has 1 N–H and O–H groups in total. The molecule has 1 aliphatic rings. The van der Waals surface area contributed by atoms with Crippen LogP contribution in [0.4, 0.5) is 10.1 Å². The Labute approximate surface area is 229 Å². The first-order valence-electron chi connectivity index (χ1n) is 11.8. The van der Waals surface area contributed by atoms with Crippen LogP contribution in [0, 0.1) is 5.82 Å². The number of fused-ring (bicyclic) bond motifs is 1. The third-order valence-corrected chi connectivity index (χ3v) is 8.53. The number of carbonyl (C=O) groups excluding carboxylic acids is 1. The van der Waals surface area contributed by atoms with E-state index >= 15 is 0 Å². The molecule has 0 unspecified atom stereocenters. The van der Waals surface area contributed by atoms with Gasteiger partial charge in [0.1, 0.15) is 10.7 Å². The molecule has 11 heteroatoms. The van der Waals surface area contributed by atoms with Crippen LogP contribution in [0.15, 0.2) is 77.8 Å². The van der Waals surface area contributed by atoms with E-state index in [0.717, 1.165) is 11.6 Å². The summed E-state index contributed by atoms with van der Waals surface area (Å²) >= 11 is 12.1. The molecule has 7 nitrogen and oxygen atoms in total. The molecule has 0 aliphatic carbocycles. The second-order valence-electron chi connectivity index (χ2n) is 8.95. The van der Waals surface area contributed by atoms with Gasteiger partial charge >= 0.3 is 0 Å². The predicted octanol–water partition coefficient (Wildman–Crippen LogP) is 5.44. The van der Waals surface area contributed by atoms with E-state index in [1.165, 1.54) is 24.4 Å². The lowest BCUT2D eigenvalue weighted by atomic mass is 10.1. The predicted molar refractivity (Wildman–Crippen MR) is 147 cm³/mol. The van der Waals surface area contributed by atoms with Gasteiger partial charge in [-0.15, -0.1) is 0 Å². The number of piperazine rings is 1. The number of hydrogen-bond acceptors (Lipinski definition) is 5. The Kier molecular flexibility index (Phi) is 7.54. The van der Waals surface area contributed by atoms with Crippen molar-refractivity contribution in [3.05, 3.63) is 99.9 Å². The highest BCUT2D eigenvalue weighted by Gasteiger charge is 2.24. The molecular weight excluding hydrogens is 550 g/mol. The van der Waals surface area contributed by atoms with E-state index in [-0.39, 0.29) is 27.6 Å². The van der Waals surface area contributed by atoms with Crippen LogP contribution in [0.1, 0.15) is 15.9 Å². The van der Waals surface area contributed by atoms with Crippen LogP contribution in [0.5, 0.6) is 0 Å². The molecular formula is C27H23Cl2FN4O3S. The fourth-order valence-corrected chi connectivity index (χ4v) is 5.98. The molecule has 1 amide bonds. The summed E-state index contributed by atoms with van der Waals surface area (Å²) in [5.74, 6) is -1.16. The standard InChI is InChI=1S/C27H23Cl2FN4O3S/c28-21-8-6-18(15-22(21)29)17-33-11-13-34(14-12-33)27(35)20-7-9-24(23(30)16-20)32-38(36,37)25-5-1-3-19-4-2-10-31-26(19)25/h1-10,15-16,32H,11-14,17H2. The van der Waals surface area contributed by atoms with Gasteiger partial charge in [-0.2, -0.15) is 0 Å². The zero-order valence-electron chi connectivity index (χ0n) is 20.1. The highest BCUT2D eigenvalue weighted by atomic mass is 35.5. The third-order valence-electron chi connectivity index (χ3n) is 6.40. The SMILES string of the molecule is O=C(c1ccc(NS(=O)(=O)c2cccc3cccnc23)c(F)c1)N1CCN(Cc2ccc(Cl)c(Cl)c2)CC1. The molecule has 1 saturated heterocycles. The molecule has 2 heterocycles. The van der Waals surface area contributed by atoms with E-state index in [1.54, 1.807) is 35.2 Å². The van der Waals surface area contributed by atoms with Crippen molar-refractivity contribution in [2.24, 2.45) is 0 Å². The van der Waals surface area contributed by atoms with Gasteiger partial charge in [-0.05, 0) is 48.0 Å². The maximum absolute atomic E-state index is 15.0. The van der Waals surface area contributed by atoms with Crippen molar-refractivity contribution < 1.29 is 17.6 Å². The van der Waals surface area contributed by atoms with E-state index in [4.69, 9.17) is 23.2 Å². The van der Waals surface area contributed by atoms with Crippen LogP contribution >= 0.6 is 23.2 Å². The topological polar surface area (TPSA) is 82.6 Å². The van der Waals surface area contributed by atoms with E-state index in [1.807, 2.05) is 12.1 Å². The number of hydrogen-bond donors (Lipinski definition) is 1. The lowest BCUT2D eigenvalue weighted by molar-refractivity contribution is 0.0628. The summed E-state index contributed by atoms with van der Waals surface area (Å²) in [4.78, 5) is 21.0. The average Bonchev–Trinajstić information content (AvgIpc) is 2.91. The van der Waals surface area contributed by atoms with E-state index in [0.29, 0.717) is 48.2 Å². The number of pyridine rings is 1. The Morgan fingerprint density at radius 2 is 1.71 bits per heavy atom. The summed E-state index contributed by atoms with van der Waals surface area (Å²) in [5, 5.41) is 1.65. The number of halogens is 3. The molecule has 0 atom stereocenters. The molecule has 1 aromatic heterocycles. The van der Waals surface area contributed by atoms with Gasteiger partial charge in [-0.1, -0.05) is 47.5 Å². The number of anilines is 1. The smallest absolute Gasteiger partial charge is 0.264 e. The summed E-state index contributed by atoms with van der Waals surface area (Å²) in [7, 11) is -4.12. The third kappa shape index (κ3) is 5.61. The van der Waals surface area contributed by atoms with Gasteiger partial charge in [0.2, 0.25) is 0 Å². The number of rotatable bonds is 6. The van der Waals surface area contributed by atoms with E-state index in [2.05, 4.69) is 14.6 Å². The van der Waals surface area contributed by atoms with Gasteiger partial charge in [-0.25, -0.2) is 12.8 Å². The zero-order valence-corrected chi connectivity index (χ0v) is 22.4. The van der Waals surface area contributed by atoms with Crippen molar-refractivity contribution in [1.82, 2.24) is 14.8 Å². The summed E-state index contributed by atoms with van der Waals surface area (Å²) in [6.45, 7) is 2.92. The average molecular weight is 573 g/mol. The van der Waals surface area contributed by atoms with Gasteiger partial charge in [0.05, 0.1) is 21.2 Å². The lowest BCUT2D eigenvalue weighted by Crippen LogP contribution is -2.48. The summed E-state index contributed by atoms with van der Waals surface area (Å²) in [5.41, 5.74) is 1.21. The van der Waals surface area contributed by atoms with Crippen molar-refractivity contribution in [1.29, 1.82) is 0 Å². The Balaban J connectivity index is 1.24. The van der Waals surface area contributed by atoms with Crippen LogP contribution in [-0.4, -0.2) is 55.3 Å². The number of nitrogens with zero attached hydrogens (tertiary/aromatic N) is 3. The maximum Gasteiger partial charge on any atom is 0.264 e. The molecule has 0 bridgehead atoms. The Hall–Kier alpha value is -3.24. The largest absolute Gasteiger partial charge is 0.336 e. The van der Waals surface area contributed by atoms with Crippen molar-refractivity contribution in [3.8, 4) is 0 Å². The Morgan fingerprint density at radius 1 is 0.947 bits per heavy atom. The van der Waals surface area contributed by atoms with Crippen molar-refractivity contribution in [2.75, 3.05) is 30.9 Å². The number of para-hydroxylation sites is 1. The summed E-state index contributed by atoms with van der Waals surface area (Å²) in [6.07, 6.45) is 1.50. The van der Waals surface area contributed by atoms with Gasteiger partial charge in [0.15, 0.2) is 0 Å². The molecule has 1 fully saturated rings. The number of amides is 1. The fourth-order valence-electron chi connectivity index (χ4n) is 4.41. The number of sulfonamides is 1. The van der Waals surface area contributed by atoms with Crippen molar-refractivity contribution >= 4 is 55.7 Å². The quantitative estimate of drug-likeness (QED) is 0.332. The van der Waals surface area contributed by atoms with Crippen LogP contribution in [0.2, 0.25) is 10.0 Å². The second kappa shape index (κ2) is 10.9. The van der Waals surface area contributed by atoms with Gasteiger partial charge in [-0.3, -0.25) is 19.4 Å². The molecule has 4 aromatic rings. The summed E-state index contributed by atoms with van der Waals surface area (Å²) in [6, 6.07) is 17.5. The summed E-state index contributed by atoms with van der Waals surface area (Å²) < 4.78 is 43.3. The highest BCUT2D eigenvalue weighted by Crippen LogP contribution is 2.26. The molecule has 0 spiro atoms. The fraction of sp³-hybridized carbons (Fsp3) is 0.185. The first kappa shape index (κ1) is 26.4. The second-order valence-corrected chi connectivity index (χ2v) is 11.4. The molecule has 5 rings (SSSR count). The first-order valence-corrected chi connectivity index (χ1v) is 14.1. The maximum atomic E-state index is 15.0. The normalized spacial score (nSPS) is 14.6. The molecule has 0 saturated carbocycles. The minimum absolute atomic E-state index is 0.0612. The molecule has 3 aromatic carbocycles. The Morgan fingerprint density at radius 3 is 2.45 bits per heavy atom. The van der Waals surface area contributed by atoms with Crippen LogP contribution in [0.25, 0.3) is 10.9 Å². The number of benzene rings is 3. The highest BCUT2D eigenvalue weighted by molar-refractivity contribution is 7.93. The monoisotopic (exact) mass is 572 g/mol. The lowest BCUT2D eigenvalue weighted by Gasteiger charge is -2.35. The molecule has 1 aliphatic heterocycles. The van der Waals surface area contributed by atoms with Gasteiger partial charge in [0, 0.05) is 49.9 Å². The number of nitrogens with one attached hydrogen (secondary N) is 1. The zero-order chi connectivity index (χ0) is 26.9. The number of aromatic nitrogens is 1. The Bertz CT molecular complexity index is 1620. The van der Waals surface area contributed by atoms with Crippen molar-refractivity contribution in [3.63, 3.8) is 0 Å². The first-order chi connectivity index (χ1) is 18.2. The minimum atomic E-state index is -4.12. The van der Waals surface area contributed by atoms with Gasteiger partial charge in [0.25, 0.3) is 15.9 Å².